The van der Waals surface area contributed by atoms with Crippen LogP contribution in [0.5, 0.6) is 5.75 Å². The molecule has 0 bridgehead atoms. The molecule has 0 saturated carbocycles. The number of methoxy groups -OCH3 is 1. The van der Waals surface area contributed by atoms with E-state index in [4.69, 9.17) is 16.2 Å². The number of rotatable bonds is 4. The summed E-state index contributed by atoms with van der Waals surface area (Å²) in [7, 11) is 5.78. The Hall–Kier alpha value is -1.47. The molecule has 0 unspecified atom stereocenters. The first kappa shape index (κ1) is 14.9. The monoisotopic (exact) mass is 298 g/mol. The van der Waals surface area contributed by atoms with Crippen molar-refractivity contribution in [1.82, 2.24) is 4.90 Å². The largest absolute Gasteiger partial charge is 0.492 e. The highest BCUT2D eigenvalue weighted by molar-refractivity contribution is 7.19. The van der Waals surface area contributed by atoms with Gasteiger partial charge in [-0.25, -0.2) is 0 Å². The molecule has 6 nitrogen and oxygen atoms in total. The van der Waals surface area contributed by atoms with E-state index in [1.54, 1.807) is 7.11 Å². The smallest absolute Gasteiger partial charge is 0.261 e. The molecule has 0 aromatic carbocycles. The molecule has 1 aromatic rings. The van der Waals surface area contributed by atoms with Gasteiger partial charge >= 0.3 is 0 Å². The zero-order valence-corrected chi connectivity index (χ0v) is 13.0. The molecule has 1 aliphatic rings. The third-order valence-corrected chi connectivity index (χ3v) is 5.05. The fraction of sp³-hybridized carbons (Fsp3) is 0.615. The second-order valence-electron chi connectivity index (χ2n) is 5.23. The number of hydrogen-bond acceptors (Lipinski definition) is 6. The van der Waals surface area contributed by atoms with E-state index in [-0.39, 0.29) is 0 Å². The third-order valence-electron chi connectivity index (χ3n) is 3.79. The highest BCUT2D eigenvalue weighted by Crippen LogP contribution is 2.45. The zero-order valence-electron chi connectivity index (χ0n) is 12.2. The molecule has 1 aliphatic heterocycles. The molecule has 4 N–H and O–H groups in total. The van der Waals surface area contributed by atoms with E-state index >= 15 is 0 Å². The lowest BCUT2D eigenvalue weighted by Crippen LogP contribution is -2.41. The van der Waals surface area contributed by atoms with E-state index in [0.29, 0.717) is 22.4 Å². The van der Waals surface area contributed by atoms with Gasteiger partial charge in [-0.3, -0.25) is 4.79 Å². The molecule has 112 valence electrons. The van der Waals surface area contributed by atoms with Gasteiger partial charge in [-0.05, 0) is 26.9 Å². The Morgan fingerprint density at radius 1 is 1.40 bits per heavy atom. The second kappa shape index (κ2) is 5.88. The Labute approximate surface area is 123 Å². The van der Waals surface area contributed by atoms with Crippen molar-refractivity contribution >= 4 is 27.9 Å². The van der Waals surface area contributed by atoms with Gasteiger partial charge in [0, 0.05) is 19.1 Å². The Bertz CT molecular complexity index is 493. The molecule has 0 aliphatic carbocycles. The summed E-state index contributed by atoms with van der Waals surface area (Å²) >= 11 is 1.32. The SMILES string of the molecule is COc1c(N2CCC(N(C)C)CC2)sc(C(N)=O)c1N. The summed E-state index contributed by atoms with van der Waals surface area (Å²) in [5.74, 6) is 0.0762. The van der Waals surface area contributed by atoms with Crippen LogP contribution in [-0.2, 0) is 0 Å². The lowest BCUT2D eigenvalue weighted by Gasteiger charge is -2.35. The second-order valence-corrected chi connectivity index (χ2v) is 6.23. The minimum absolute atomic E-state index is 0.356. The van der Waals surface area contributed by atoms with Crippen LogP contribution in [0.3, 0.4) is 0 Å². The molecule has 20 heavy (non-hydrogen) atoms. The van der Waals surface area contributed by atoms with Crippen molar-refractivity contribution in [3.05, 3.63) is 4.88 Å². The van der Waals surface area contributed by atoms with Crippen LogP contribution in [0.1, 0.15) is 22.5 Å². The minimum Gasteiger partial charge on any atom is -0.492 e. The van der Waals surface area contributed by atoms with Crippen molar-refractivity contribution in [3.63, 3.8) is 0 Å². The summed E-state index contributed by atoms with van der Waals surface area (Å²) in [5.41, 5.74) is 11.7. The fourth-order valence-electron chi connectivity index (χ4n) is 2.59. The average molecular weight is 298 g/mol. The van der Waals surface area contributed by atoms with E-state index in [1.807, 2.05) is 0 Å². The Kier molecular flexibility index (Phi) is 4.39. The van der Waals surface area contributed by atoms with Crippen LogP contribution in [0.25, 0.3) is 0 Å². The maximum absolute atomic E-state index is 11.4. The standard InChI is InChI=1S/C13H22N4O2S/c1-16(2)8-4-6-17(7-5-8)13-10(19-3)9(14)11(20-13)12(15)18/h8H,4-7,14H2,1-3H3,(H2,15,18). The highest BCUT2D eigenvalue weighted by Gasteiger charge is 2.27. The van der Waals surface area contributed by atoms with E-state index in [1.165, 1.54) is 11.3 Å². The average Bonchev–Trinajstić information content (AvgIpc) is 2.75. The molecular weight excluding hydrogens is 276 g/mol. The van der Waals surface area contributed by atoms with Gasteiger partial charge < -0.3 is 26.0 Å². The van der Waals surface area contributed by atoms with Gasteiger partial charge in [0.05, 0.1) is 7.11 Å². The number of anilines is 2. The van der Waals surface area contributed by atoms with Crippen LogP contribution < -0.4 is 21.1 Å². The minimum atomic E-state index is -0.500. The number of amides is 1. The van der Waals surface area contributed by atoms with Gasteiger partial charge in [-0.15, -0.1) is 11.3 Å². The first-order chi connectivity index (χ1) is 9.45. The van der Waals surface area contributed by atoms with Crippen LogP contribution in [0, 0.1) is 0 Å². The topological polar surface area (TPSA) is 84.8 Å². The van der Waals surface area contributed by atoms with E-state index < -0.39 is 5.91 Å². The van der Waals surface area contributed by atoms with E-state index in [9.17, 15) is 4.79 Å². The van der Waals surface area contributed by atoms with Gasteiger partial charge in [0.2, 0.25) is 0 Å². The number of ether oxygens (including phenoxy) is 1. The number of carbonyl (C=O) groups excluding carboxylic acids is 1. The Balaban J connectivity index is 2.21. The van der Waals surface area contributed by atoms with Crippen LogP contribution in [0.4, 0.5) is 10.7 Å². The molecular formula is C13H22N4O2S. The summed E-state index contributed by atoms with van der Waals surface area (Å²) in [5, 5.41) is 0.913. The van der Waals surface area contributed by atoms with Crippen LogP contribution in [-0.4, -0.2) is 51.1 Å². The number of nitrogens with zero attached hydrogens (tertiary/aromatic N) is 2. The summed E-state index contributed by atoms with van der Waals surface area (Å²) in [4.78, 5) is 16.3. The number of piperidine rings is 1. The molecule has 0 spiro atoms. The molecule has 0 radical (unpaired) electrons. The predicted octanol–water partition coefficient (Wildman–Crippen LogP) is 0.968. The summed E-state index contributed by atoms with van der Waals surface area (Å²) in [6, 6.07) is 0.602. The van der Waals surface area contributed by atoms with Gasteiger partial charge in [-0.1, -0.05) is 0 Å². The van der Waals surface area contributed by atoms with E-state index in [0.717, 1.165) is 30.9 Å². The molecule has 1 amide bonds. The number of hydrogen-bond donors (Lipinski definition) is 2. The molecule has 0 atom stereocenters. The van der Waals surface area contributed by atoms with Crippen LogP contribution in [0.15, 0.2) is 0 Å². The first-order valence-electron chi connectivity index (χ1n) is 6.63. The quantitative estimate of drug-likeness (QED) is 0.865. The van der Waals surface area contributed by atoms with Crippen molar-refractivity contribution in [2.45, 2.75) is 18.9 Å². The summed E-state index contributed by atoms with van der Waals surface area (Å²) in [6.45, 7) is 1.86. The molecule has 2 heterocycles. The van der Waals surface area contributed by atoms with Gasteiger partial charge in [0.25, 0.3) is 5.91 Å². The van der Waals surface area contributed by atoms with Crippen LogP contribution in [0.2, 0.25) is 0 Å². The van der Waals surface area contributed by atoms with Gasteiger partial charge in [-0.2, -0.15) is 0 Å². The predicted molar refractivity (Wildman–Crippen MR) is 82.7 cm³/mol. The Morgan fingerprint density at radius 3 is 2.45 bits per heavy atom. The number of nitrogen functional groups attached to an aromatic ring is 1. The maximum atomic E-state index is 11.4. The maximum Gasteiger partial charge on any atom is 0.261 e. The lowest BCUT2D eigenvalue weighted by atomic mass is 10.0. The fourth-order valence-corrected chi connectivity index (χ4v) is 3.68. The zero-order chi connectivity index (χ0) is 14.9. The molecule has 1 fully saturated rings. The first-order valence-corrected chi connectivity index (χ1v) is 7.44. The number of thiophene rings is 1. The molecule has 1 aromatic heterocycles. The number of primary amides is 1. The third kappa shape index (κ3) is 2.69. The van der Waals surface area contributed by atoms with Crippen molar-refractivity contribution in [3.8, 4) is 5.75 Å². The van der Waals surface area contributed by atoms with E-state index in [2.05, 4.69) is 23.9 Å². The summed E-state index contributed by atoms with van der Waals surface area (Å²) < 4.78 is 5.36. The normalized spacial score (nSPS) is 16.7. The lowest BCUT2D eigenvalue weighted by molar-refractivity contribution is 0.100. The van der Waals surface area contributed by atoms with Gasteiger partial charge in [0.15, 0.2) is 5.75 Å². The molecule has 7 heteroatoms. The van der Waals surface area contributed by atoms with Crippen LogP contribution >= 0.6 is 11.3 Å². The molecule has 1 saturated heterocycles. The van der Waals surface area contributed by atoms with Gasteiger partial charge in [0.1, 0.15) is 15.6 Å². The van der Waals surface area contributed by atoms with Crippen molar-refractivity contribution < 1.29 is 9.53 Å². The van der Waals surface area contributed by atoms with Crippen molar-refractivity contribution in [2.24, 2.45) is 5.73 Å². The van der Waals surface area contributed by atoms with Crippen molar-refractivity contribution in [2.75, 3.05) is 44.9 Å². The Morgan fingerprint density at radius 2 is 2.00 bits per heavy atom. The molecule has 2 rings (SSSR count). The number of carbonyl (C=O) groups is 1. The summed E-state index contributed by atoms with van der Waals surface area (Å²) in [6.07, 6.45) is 2.17. The van der Waals surface area contributed by atoms with Crippen molar-refractivity contribution in [1.29, 1.82) is 0 Å². The highest BCUT2D eigenvalue weighted by atomic mass is 32.1. The number of nitrogens with two attached hydrogens (primary N) is 2.